The largest absolute Gasteiger partial charge is 0.463 e. The zero-order chi connectivity index (χ0) is 21.1. The van der Waals surface area contributed by atoms with E-state index in [4.69, 9.17) is 9.15 Å². The van der Waals surface area contributed by atoms with Gasteiger partial charge in [0, 0.05) is 11.1 Å². The molecule has 1 N–H and O–H groups in total. The number of rotatable bonds is 5. The van der Waals surface area contributed by atoms with Crippen LogP contribution in [0.3, 0.4) is 0 Å². The van der Waals surface area contributed by atoms with Gasteiger partial charge in [-0.25, -0.2) is 9.78 Å². The number of hydrogen-bond donors (Lipinski definition) is 1. The number of benzene rings is 2. The van der Waals surface area contributed by atoms with Crippen LogP contribution in [0.1, 0.15) is 21.5 Å². The molecule has 150 valence electrons. The molecule has 0 aliphatic heterocycles. The van der Waals surface area contributed by atoms with Crippen molar-refractivity contribution in [3.05, 3.63) is 83.6 Å². The van der Waals surface area contributed by atoms with Crippen LogP contribution >= 0.6 is 0 Å². The van der Waals surface area contributed by atoms with Crippen molar-refractivity contribution in [1.29, 1.82) is 0 Å². The summed E-state index contributed by atoms with van der Waals surface area (Å²) >= 11 is 0. The van der Waals surface area contributed by atoms with Gasteiger partial charge in [0.1, 0.15) is 5.69 Å². The first-order valence-electron chi connectivity index (χ1n) is 9.50. The molecule has 6 heteroatoms. The summed E-state index contributed by atoms with van der Waals surface area (Å²) in [6.07, 6.45) is 1.54. The summed E-state index contributed by atoms with van der Waals surface area (Å²) in [7, 11) is 0. The Kier molecular flexibility index (Phi) is 5.30. The van der Waals surface area contributed by atoms with E-state index >= 15 is 0 Å². The van der Waals surface area contributed by atoms with Crippen molar-refractivity contribution in [3.8, 4) is 11.5 Å². The molecule has 0 saturated carbocycles. The van der Waals surface area contributed by atoms with Crippen LogP contribution in [0.5, 0.6) is 0 Å². The molecule has 2 aromatic carbocycles. The first-order chi connectivity index (χ1) is 14.5. The van der Waals surface area contributed by atoms with Crippen molar-refractivity contribution < 1.29 is 18.7 Å². The number of anilines is 1. The number of hydrogen-bond acceptors (Lipinski definition) is 5. The first-order valence-corrected chi connectivity index (χ1v) is 9.50. The molecule has 1 amide bonds. The number of furan rings is 1. The summed E-state index contributed by atoms with van der Waals surface area (Å²) in [5, 5.41) is 3.43. The van der Waals surface area contributed by atoms with Crippen molar-refractivity contribution in [2.75, 3.05) is 11.9 Å². The summed E-state index contributed by atoms with van der Waals surface area (Å²) in [6.45, 7) is 3.51. The molecule has 6 nitrogen and oxygen atoms in total. The van der Waals surface area contributed by atoms with Crippen LogP contribution < -0.4 is 5.32 Å². The van der Waals surface area contributed by atoms with Crippen LogP contribution in [0.25, 0.3) is 22.4 Å². The van der Waals surface area contributed by atoms with Crippen LogP contribution in [0.4, 0.5) is 5.69 Å². The highest BCUT2D eigenvalue weighted by Crippen LogP contribution is 2.26. The molecule has 2 aromatic heterocycles. The first kappa shape index (κ1) is 19.4. The minimum absolute atomic E-state index is 0.325. The summed E-state index contributed by atoms with van der Waals surface area (Å²) in [4.78, 5) is 29.7. The monoisotopic (exact) mass is 400 g/mol. The van der Waals surface area contributed by atoms with Crippen molar-refractivity contribution in [1.82, 2.24) is 4.98 Å². The number of aryl methyl sites for hydroxylation is 1. The van der Waals surface area contributed by atoms with Gasteiger partial charge in [-0.05, 0) is 55.3 Å². The summed E-state index contributed by atoms with van der Waals surface area (Å²) < 4.78 is 10.7. The maximum atomic E-state index is 12.8. The van der Waals surface area contributed by atoms with Crippen molar-refractivity contribution in [2.45, 2.75) is 13.8 Å². The molecule has 0 spiro atoms. The Bertz CT molecular complexity index is 1230. The van der Waals surface area contributed by atoms with E-state index in [-0.39, 0.29) is 6.61 Å². The Balaban J connectivity index is 1.54. The Morgan fingerprint density at radius 3 is 2.67 bits per heavy atom. The van der Waals surface area contributed by atoms with Gasteiger partial charge >= 0.3 is 5.97 Å². The summed E-state index contributed by atoms with van der Waals surface area (Å²) in [6, 6.07) is 18.0. The van der Waals surface area contributed by atoms with Crippen LogP contribution in [0, 0.1) is 13.8 Å². The average Bonchev–Trinajstić information content (AvgIpc) is 3.29. The number of ether oxygens (including phenoxy) is 1. The van der Waals surface area contributed by atoms with Crippen molar-refractivity contribution in [3.63, 3.8) is 0 Å². The minimum Gasteiger partial charge on any atom is -0.463 e. The molecule has 4 aromatic rings. The fourth-order valence-electron chi connectivity index (χ4n) is 3.18. The van der Waals surface area contributed by atoms with Gasteiger partial charge in [0.05, 0.1) is 17.3 Å². The molecule has 0 saturated heterocycles. The van der Waals surface area contributed by atoms with Crippen molar-refractivity contribution in [2.24, 2.45) is 0 Å². The number of aromatic nitrogens is 1. The summed E-state index contributed by atoms with van der Waals surface area (Å²) in [5.41, 5.74) is 4.22. The van der Waals surface area contributed by atoms with E-state index in [1.54, 1.807) is 30.5 Å². The summed E-state index contributed by atoms with van der Waals surface area (Å²) in [5.74, 6) is -0.457. The molecule has 0 fully saturated rings. The third-order valence-corrected chi connectivity index (χ3v) is 4.92. The lowest BCUT2D eigenvalue weighted by atomic mass is 10.1. The Morgan fingerprint density at radius 1 is 1.03 bits per heavy atom. The Hall–Kier alpha value is -3.93. The van der Waals surface area contributed by atoms with Crippen LogP contribution in [0.2, 0.25) is 0 Å². The maximum absolute atomic E-state index is 12.8. The topological polar surface area (TPSA) is 81.4 Å². The molecule has 2 heterocycles. The molecule has 4 rings (SSSR count). The van der Waals surface area contributed by atoms with E-state index in [2.05, 4.69) is 10.3 Å². The average molecular weight is 400 g/mol. The van der Waals surface area contributed by atoms with Gasteiger partial charge in [0.15, 0.2) is 12.4 Å². The SMILES string of the molecule is Cc1cccc(NC(=O)COC(=O)c2cc(-c3ccco3)nc3ccccc23)c1C. The quantitative estimate of drug-likeness (QED) is 0.482. The van der Waals surface area contributed by atoms with Gasteiger partial charge in [-0.2, -0.15) is 0 Å². The third kappa shape index (κ3) is 3.93. The van der Waals surface area contributed by atoms with E-state index < -0.39 is 11.9 Å². The fourth-order valence-corrected chi connectivity index (χ4v) is 3.18. The number of amides is 1. The minimum atomic E-state index is -0.600. The number of carbonyl (C=O) groups is 2. The Morgan fingerprint density at radius 2 is 1.87 bits per heavy atom. The van der Waals surface area contributed by atoms with Gasteiger partial charge in [0.2, 0.25) is 0 Å². The van der Waals surface area contributed by atoms with E-state index in [1.807, 2.05) is 50.2 Å². The molecular weight excluding hydrogens is 380 g/mol. The van der Waals surface area contributed by atoms with Crippen LogP contribution in [-0.4, -0.2) is 23.5 Å². The highest BCUT2D eigenvalue weighted by atomic mass is 16.5. The fraction of sp³-hybridized carbons (Fsp3) is 0.125. The third-order valence-electron chi connectivity index (χ3n) is 4.92. The zero-order valence-corrected chi connectivity index (χ0v) is 16.6. The highest BCUT2D eigenvalue weighted by molar-refractivity contribution is 6.05. The molecule has 0 aliphatic carbocycles. The van der Waals surface area contributed by atoms with Gasteiger partial charge in [-0.1, -0.05) is 30.3 Å². The van der Waals surface area contributed by atoms with Crippen molar-refractivity contribution >= 4 is 28.5 Å². The molecule has 30 heavy (non-hydrogen) atoms. The molecule has 0 radical (unpaired) electrons. The number of para-hydroxylation sites is 1. The van der Waals surface area contributed by atoms with Gasteiger partial charge < -0.3 is 14.5 Å². The lowest BCUT2D eigenvalue weighted by Gasteiger charge is -2.11. The zero-order valence-electron chi connectivity index (χ0n) is 16.6. The molecule has 0 bridgehead atoms. The number of pyridine rings is 1. The number of carbonyl (C=O) groups excluding carboxylic acids is 2. The second-order valence-corrected chi connectivity index (χ2v) is 6.92. The van der Waals surface area contributed by atoms with E-state index in [1.165, 1.54) is 0 Å². The van der Waals surface area contributed by atoms with Crippen LogP contribution in [-0.2, 0) is 9.53 Å². The smallest absolute Gasteiger partial charge is 0.339 e. The van der Waals surface area contributed by atoms with E-state index in [9.17, 15) is 9.59 Å². The van der Waals surface area contributed by atoms with E-state index in [0.29, 0.717) is 33.6 Å². The molecular formula is C24H20N2O4. The van der Waals surface area contributed by atoms with E-state index in [0.717, 1.165) is 11.1 Å². The molecule has 0 atom stereocenters. The number of fused-ring (bicyclic) bond motifs is 1. The highest BCUT2D eigenvalue weighted by Gasteiger charge is 2.17. The van der Waals surface area contributed by atoms with Gasteiger partial charge in [0.25, 0.3) is 5.91 Å². The normalized spacial score (nSPS) is 10.7. The van der Waals surface area contributed by atoms with Gasteiger partial charge in [-0.15, -0.1) is 0 Å². The lowest BCUT2D eigenvalue weighted by Crippen LogP contribution is -2.21. The predicted molar refractivity (Wildman–Crippen MR) is 114 cm³/mol. The second-order valence-electron chi connectivity index (χ2n) is 6.92. The van der Waals surface area contributed by atoms with Crippen LogP contribution in [0.15, 0.2) is 71.3 Å². The predicted octanol–water partition coefficient (Wildman–Crippen LogP) is 4.91. The number of esters is 1. The molecule has 0 unspecified atom stereocenters. The number of nitrogens with zero attached hydrogens (tertiary/aromatic N) is 1. The standard InChI is InChI=1S/C24H20N2O4/c1-15-7-5-10-19(16(15)2)26-23(27)14-30-24(28)18-13-21(22-11-6-12-29-22)25-20-9-4-3-8-17(18)20/h3-13H,14H2,1-2H3,(H,26,27). The lowest BCUT2D eigenvalue weighted by molar-refractivity contribution is -0.119. The Labute approximate surface area is 173 Å². The van der Waals surface area contributed by atoms with Gasteiger partial charge in [-0.3, -0.25) is 4.79 Å². The number of nitrogens with one attached hydrogen (secondary N) is 1. The maximum Gasteiger partial charge on any atom is 0.339 e. The molecule has 0 aliphatic rings. The second kappa shape index (κ2) is 8.21.